The molecule has 144 valence electrons. The summed E-state index contributed by atoms with van der Waals surface area (Å²) in [5.74, 6) is -2.79. The largest absolute Gasteiger partial charge is 0.320 e. The van der Waals surface area contributed by atoms with Gasteiger partial charge >= 0.3 is 0 Å². The van der Waals surface area contributed by atoms with Crippen molar-refractivity contribution >= 4 is 27.3 Å². The molecule has 0 saturated heterocycles. The minimum Gasteiger partial charge on any atom is -0.320 e. The van der Waals surface area contributed by atoms with Crippen molar-refractivity contribution in [3.63, 3.8) is 0 Å². The van der Waals surface area contributed by atoms with Gasteiger partial charge in [-0.3, -0.25) is 9.10 Å². The summed E-state index contributed by atoms with van der Waals surface area (Å²) >= 11 is 0. The molecule has 0 aliphatic carbocycles. The molecule has 28 heavy (non-hydrogen) atoms. The Kier molecular flexibility index (Phi) is 5.70. The predicted molar refractivity (Wildman–Crippen MR) is 102 cm³/mol. The van der Waals surface area contributed by atoms with Crippen molar-refractivity contribution in [2.24, 2.45) is 0 Å². The molecular weight excluding hydrogens is 386 g/mol. The number of halogens is 2. The standard InChI is InChI=1S/C20H16F2N2O3S/c21-17-12-7-13-18(22)20(17)23-19(25)14-24(15-8-3-1-4-9-15)28(26,27)16-10-5-2-6-11-16/h1-13H,14H2,(H,23,25). The molecule has 0 fully saturated rings. The highest BCUT2D eigenvalue weighted by atomic mass is 32.2. The molecule has 0 aliphatic rings. The van der Waals surface area contributed by atoms with Crippen LogP contribution in [0.25, 0.3) is 0 Å². The van der Waals surface area contributed by atoms with Crippen LogP contribution >= 0.6 is 0 Å². The summed E-state index contributed by atoms with van der Waals surface area (Å²) in [7, 11) is -4.08. The number of para-hydroxylation sites is 2. The molecule has 0 aromatic heterocycles. The van der Waals surface area contributed by atoms with E-state index in [1.165, 1.54) is 24.3 Å². The molecular formula is C20H16F2N2O3S. The van der Waals surface area contributed by atoms with Crippen molar-refractivity contribution in [3.05, 3.63) is 90.5 Å². The lowest BCUT2D eigenvalue weighted by Gasteiger charge is -2.24. The lowest BCUT2D eigenvalue weighted by molar-refractivity contribution is -0.114. The van der Waals surface area contributed by atoms with Crippen LogP contribution in [0.3, 0.4) is 0 Å². The normalized spacial score (nSPS) is 11.1. The Bertz CT molecular complexity index is 1050. The summed E-state index contributed by atoms with van der Waals surface area (Å²) in [4.78, 5) is 12.4. The number of anilines is 2. The highest BCUT2D eigenvalue weighted by molar-refractivity contribution is 7.92. The van der Waals surface area contributed by atoms with E-state index in [1.807, 2.05) is 0 Å². The van der Waals surface area contributed by atoms with Crippen molar-refractivity contribution in [2.75, 3.05) is 16.2 Å². The Hall–Kier alpha value is -3.26. The van der Waals surface area contributed by atoms with Crippen LogP contribution in [0.5, 0.6) is 0 Å². The molecule has 5 nitrogen and oxygen atoms in total. The summed E-state index contributed by atoms with van der Waals surface area (Å²) < 4.78 is 54.6. The number of benzene rings is 3. The number of amides is 1. The molecule has 0 aliphatic heterocycles. The Balaban J connectivity index is 1.94. The SMILES string of the molecule is O=C(CN(c1ccccc1)S(=O)(=O)c1ccccc1)Nc1c(F)cccc1F. The van der Waals surface area contributed by atoms with E-state index in [9.17, 15) is 22.0 Å². The van der Waals surface area contributed by atoms with Crippen LogP contribution in [0.15, 0.2) is 83.8 Å². The zero-order valence-electron chi connectivity index (χ0n) is 14.5. The van der Waals surface area contributed by atoms with E-state index in [-0.39, 0.29) is 10.6 Å². The van der Waals surface area contributed by atoms with Gasteiger partial charge in [0.15, 0.2) is 0 Å². The zero-order valence-corrected chi connectivity index (χ0v) is 15.4. The molecule has 3 aromatic carbocycles. The van der Waals surface area contributed by atoms with Gasteiger partial charge in [0.1, 0.15) is 23.9 Å². The van der Waals surface area contributed by atoms with Gasteiger partial charge in [0, 0.05) is 0 Å². The van der Waals surface area contributed by atoms with Crippen LogP contribution in [-0.2, 0) is 14.8 Å². The van der Waals surface area contributed by atoms with Gasteiger partial charge in [0.2, 0.25) is 5.91 Å². The second-order valence-electron chi connectivity index (χ2n) is 5.81. The fourth-order valence-electron chi connectivity index (χ4n) is 2.56. The van der Waals surface area contributed by atoms with E-state index in [1.54, 1.807) is 36.4 Å². The third-order valence-electron chi connectivity index (χ3n) is 3.89. The van der Waals surface area contributed by atoms with Gasteiger partial charge in [-0.15, -0.1) is 0 Å². The second kappa shape index (κ2) is 8.18. The number of carbonyl (C=O) groups excluding carboxylic acids is 1. The highest BCUT2D eigenvalue weighted by Crippen LogP contribution is 2.24. The van der Waals surface area contributed by atoms with Gasteiger partial charge in [-0.1, -0.05) is 42.5 Å². The average molecular weight is 402 g/mol. The molecule has 3 rings (SSSR count). The van der Waals surface area contributed by atoms with Gasteiger partial charge in [-0.05, 0) is 36.4 Å². The minimum absolute atomic E-state index is 0.0104. The number of hydrogen-bond donors (Lipinski definition) is 1. The summed E-state index contributed by atoms with van der Waals surface area (Å²) in [5, 5.41) is 2.11. The summed E-state index contributed by atoms with van der Waals surface area (Å²) in [6, 6.07) is 18.7. The van der Waals surface area contributed by atoms with Gasteiger partial charge in [-0.2, -0.15) is 0 Å². The molecule has 3 aromatic rings. The average Bonchev–Trinajstić information content (AvgIpc) is 2.70. The quantitative estimate of drug-likeness (QED) is 0.682. The molecule has 1 amide bonds. The van der Waals surface area contributed by atoms with Crippen LogP contribution in [-0.4, -0.2) is 20.9 Å². The van der Waals surface area contributed by atoms with Gasteiger partial charge in [0.05, 0.1) is 10.6 Å². The Morgan fingerprint density at radius 1 is 0.821 bits per heavy atom. The number of carbonyl (C=O) groups is 1. The number of rotatable bonds is 6. The highest BCUT2D eigenvalue weighted by Gasteiger charge is 2.27. The molecule has 0 radical (unpaired) electrons. The number of hydrogen-bond acceptors (Lipinski definition) is 3. The van der Waals surface area contributed by atoms with Crippen molar-refractivity contribution < 1.29 is 22.0 Å². The first-order valence-electron chi connectivity index (χ1n) is 8.26. The van der Waals surface area contributed by atoms with Crippen LogP contribution in [0, 0.1) is 11.6 Å². The summed E-state index contributed by atoms with van der Waals surface area (Å²) in [5.41, 5.74) is -0.381. The zero-order chi connectivity index (χ0) is 20.1. The van der Waals surface area contributed by atoms with E-state index in [0.717, 1.165) is 22.5 Å². The van der Waals surface area contributed by atoms with Crippen LogP contribution in [0.1, 0.15) is 0 Å². The van der Waals surface area contributed by atoms with Crippen LogP contribution in [0.4, 0.5) is 20.2 Å². The van der Waals surface area contributed by atoms with Crippen molar-refractivity contribution in [1.82, 2.24) is 0 Å². The van der Waals surface area contributed by atoms with Crippen molar-refractivity contribution in [1.29, 1.82) is 0 Å². The third kappa shape index (κ3) is 4.17. The van der Waals surface area contributed by atoms with E-state index in [2.05, 4.69) is 5.32 Å². The molecule has 0 bridgehead atoms. The number of sulfonamides is 1. The van der Waals surface area contributed by atoms with Gasteiger partial charge in [-0.25, -0.2) is 17.2 Å². The van der Waals surface area contributed by atoms with Crippen molar-refractivity contribution in [2.45, 2.75) is 4.90 Å². The summed E-state index contributed by atoms with van der Waals surface area (Å²) in [6.45, 7) is -0.658. The Labute approximate surface area is 161 Å². The fraction of sp³-hybridized carbons (Fsp3) is 0.0500. The second-order valence-corrected chi connectivity index (χ2v) is 7.67. The summed E-state index contributed by atoms with van der Waals surface area (Å²) in [6.07, 6.45) is 0. The maximum atomic E-state index is 13.8. The first-order chi connectivity index (χ1) is 13.4. The molecule has 0 unspecified atom stereocenters. The monoisotopic (exact) mass is 402 g/mol. The lowest BCUT2D eigenvalue weighted by atomic mass is 10.3. The fourth-order valence-corrected chi connectivity index (χ4v) is 4.00. The van der Waals surface area contributed by atoms with E-state index in [0.29, 0.717) is 0 Å². The van der Waals surface area contributed by atoms with E-state index in [4.69, 9.17) is 0 Å². The predicted octanol–water partition coefficient (Wildman–Crippen LogP) is 3.80. The van der Waals surface area contributed by atoms with Gasteiger partial charge < -0.3 is 5.32 Å². The molecule has 0 atom stereocenters. The molecule has 0 saturated carbocycles. The Morgan fingerprint density at radius 2 is 1.36 bits per heavy atom. The number of nitrogens with one attached hydrogen (secondary N) is 1. The first-order valence-corrected chi connectivity index (χ1v) is 9.70. The van der Waals surface area contributed by atoms with Crippen LogP contribution in [0.2, 0.25) is 0 Å². The van der Waals surface area contributed by atoms with Crippen LogP contribution < -0.4 is 9.62 Å². The first kappa shape index (κ1) is 19.5. The minimum atomic E-state index is -4.08. The molecule has 1 N–H and O–H groups in total. The molecule has 8 heteroatoms. The maximum Gasteiger partial charge on any atom is 0.264 e. The number of nitrogens with zero attached hydrogens (tertiary/aromatic N) is 1. The van der Waals surface area contributed by atoms with Gasteiger partial charge in [0.25, 0.3) is 10.0 Å². The van der Waals surface area contributed by atoms with E-state index < -0.39 is 39.8 Å². The Morgan fingerprint density at radius 3 is 1.93 bits per heavy atom. The lowest BCUT2D eigenvalue weighted by Crippen LogP contribution is -2.38. The smallest absolute Gasteiger partial charge is 0.264 e. The van der Waals surface area contributed by atoms with E-state index >= 15 is 0 Å². The molecule has 0 heterocycles. The van der Waals surface area contributed by atoms with Crippen molar-refractivity contribution in [3.8, 4) is 0 Å². The third-order valence-corrected chi connectivity index (χ3v) is 5.68. The molecule has 0 spiro atoms. The topological polar surface area (TPSA) is 66.5 Å². The maximum absolute atomic E-state index is 13.8.